The van der Waals surface area contributed by atoms with Crippen molar-refractivity contribution in [2.24, 2.45) is 0 Å². The first-order chi connectivity index (χ1) is 8.83. The van der Waals surface area contributed by atoms with Gasteiger partial charge in [0.05, 0.1) is 5.69 Å². The minimum Gasteiger partial charge on any atom is -0.485 e. The minimum absolute atomic E-state index is 0.562. The monoisotopic (exact) mass is 238 g/mol. The topological polar surface area (TPSA) is 26.5 Å². The fraction of sp³-hybridized carbons (Fsp3) is 0.133. The van der Waals surface area contributed by atoms with Gasteiger partial charge in [-0.2, -0.15) is 0 Å². The van der Waals surface area contributed by atoms with E-state index in [1.807, 2.05) is 54.0 Å². The molecule has 90 valence electrons. The Morgan fingerprint density at radius 1 is 1.11 bits per heavy atom. The smallest absolute Gasteiger partial charge is 0.179 e. The highest BCUT2D eigenvalue weighted by Crippen LogP contribution is 2.19. The van der Waals surface area contributed by atoms with Gasteiger partial charge in [0.2, 0.25) is 0 Å². The number of pyridine rings is 1. The van der Waals surface area contributed by atoms with E-state index in [1.165, 1.54) is 0 Å². The molecule has 2 aromatic heterocycles. The minimum atomic E-state index is 0.562. The van der Waals surface area contributed by atoms with Gasteiger partial charge in [-0.25, -0.2) is 4.98 Å². The first-order valence-corrected chi connectivity index (χ1v) is 5.94. The summed E-state index contributed by atoms with van der Waals surface area (Å²) in [6, 6.07) is 14.0. The Hall–Kier alpha value is -2.29. The van der Waals surface area contributed by atoms with Crippen molar-refractivity contribution in [3.8, 4) is 5.75 Å². The van der Waals surface area contributed by atoms with E-state index in [4.69, 9.17) is 4.74 Å². The Bertz CT molecular complexity index is 659. The lowest BCUT2D eigenvalue weighted by atomic mass is 10.2. The van der Waals surface area contributed by atoms with Crippen LogP contribution in [0.3, 0.4) is 0 Å². The van der Waals surface area contributed by atoms with E-state index >= 15 is 0 Å². The molecule has 0 N–H and O–H groups in total. The first kappa shape index (κ1) is 10.8. The molecule has 0 bridgehead atoms. The summed E-state index contributed by atoms with van der Waals surface area (Å²) in [6.07, 6.45) is 3.97. The molecule has 0 aliphatic heterocycles. The maximum absolute atomic E-state index is 5.84. The summed E-state index contributed by atoms with van der Waals surface area (Å²) in [5.41, 5.74) is 3.01. The largest absolute Gasteiger partial charge is 0.485 e. The van der Waals surface area contributed by atoms with Crippen molar-refractivity contribution in [3.63, 3.8) is 0 Å². The molecule has 18 heavy (non-hydrogen) atoms. The van der Waals surface area contributed by atoms with Crippen LogP contribution in [-0.4, -0.2) is 9.38 Å². The van der Waals surface area contributed by atoms with Crippen molar-refractivity contribution < 1.29 is 4.74 Å². The Labute approximate surface area is 106 Å². The molecule has 3 heteroatoms. The number of ether oxygens (including phenoxy) is 1. The zero-order chi connectivity index (χ0) is 12.4. The van der Waals surface area contributed by atoms with Gasteiger partial charge in [-0.05, 0) is 24.6 Å². The van der Waals surface area contributed by atoms with Gasteiger partial charge in [-0.3, -0.25) is 0 Å². The molecule has 0 aliphatic carbocycles. The quantitative estimate of drug-likeness (QED) is 0.700. The molecule has 0 unspecified atom stereocenters. The zero-order valence-electron chi connectivity index (χ0n) is 10.2. The summed E-state index contributed by atoms with van der Waals surface area (Å²) >= 11 is 0. The van der Waals surface area contributed by atoms with Gasteiger partial charge in [0.1, 0.15) is 6.61 Å². The molecule has 0 fully saturated rings. The van der Waals surface area contributed by atoms with E-state index in [9.17, 15) is 0 Å². The number of hydrogen-bond acceptors (Lipinski definition) is 2. The molecule has 1 aromatic carbocycles. The van der Waals surface area contributed by atoms with E-state index in [1.54, 1.807) is 0 Å². The predicted molar refractivity (Wildman–Crippen MR) is 70.7 cm³/mol. The van der Waals surface area contributed by atoms with Crippen molar-refractivity contribution in [1.29, 1.82) is 0 Å². The lowest BCUT2D eigenvalue weighted by molar-refractivity contribution is 0.308. The van der Waals surface area contributed by atoms with Crippen LogP contribution < -0.4 is 4.74 Å². The summed E-state index contributed by atoms with van der Waals surface area (Å²) in [6.45, 7) is 2.54. The second kappa shape index (κ2) is 4.53. The summed E-state index contributed by atoms with van der Waals surface area (Å²) in [4.78, 5) is 4.46. The number of rotatable bonds is 3. The van der Waals surface area contributed by atoms with Crippen LogP contribution in [0.2, 0.25) is 0 Å². The highest BCUT2D eigenvalue weighted by atomic mass is 16.5. The first-order valence-electron chi connectivity index (χ1n) is 5.94. The van der Waals surface area contributed by atoms with Crippen molar-refractivity contribution in [2.75, 3.05) is 0 Å². The molecular weight excluding hydrogens is 224 g/mol. The third kappa shape index (κ3) is 2.07. The third-order valence-electron chi connectivity index (χ3n) is 2.80. The lowest BCUT2D eigenvalue weighted by Crippen LogP contribution is -1.97. The van der Waals surface area contributed by atoms with E-state index in [-0.39, 0.29) is 0 Å². The number of hydrogen-bond donors (Lipinski definition) is 0. The summed E-state index contributed by atoms with van der Waals surface area (Å²) in [7, 11) is 0. The van der Waals surface area contributed by atoms with Crippen LogP contribution in [0.25, 0.3) is 5.65 Å². The average Bonchev–Trinajstić information content (AvgIpc) is 2.78. The number of benzene rings is 1. The molecular formula is C15H14N2O. The Morgan fingerprint density at radius 3 is 2.78 bits per heavy atom. The second-order valence-corrected chi connectivity index (χ2v) is 4.26. The molecule has 2 heterocycles. The maximum atomic E-state index is 5.84. The van der Waals surface area contributed by atoms with Crippen molar-refractivity contribution in [3.05, 3.63) is 66.1 Å². The molecule has 0 aliphatic rings. The summed E-state index contributed by atoms with van der Waals surface area (Å²) < 4.78 is 7.82. The van der Waals surface area contributed by atoms with Crippen LogP contribution in [0, 0.1) is 6.92 Å². The van der Waals surface area contributed by atoms with Gasteiger partial charge >= 0.3 is 0 Å². The van der Waals surface area contributed by atoms with E-state index in [0.29, 0.717) is 6.61 Å². The Morgan fingerprint density at radius 2 is 1.94 bits per heavy atom. The molecule has 0 radical (unpaired) electrons. The normalized spacial score (nSPS) is 10.7. The fourth-order valence-electron chi connectivity index (χ4n) is 1.96. The van der Waals surface area contributed by atoms with Crippen LogP contribution in [-0.2, 0) is 6.61 Å². The Balaban J connectivity index is 1.86. The van der Waals surface area contributed by atoms with Gasteiger partial charge in [0.25, 0.3) is 0 Å². The molecule has 0 saturated heterocycles. The molecule has 0 amide bonds. The SMILES string of the molecule is Cc1cn2cccc(OCc3ccccc3)c2n1. The highest BCUT2D eigenvalue weighted by Gasteiger charge is 2.05. The zero-order valence-corrected chi connectivity index (χ0v) is 10.2. The van der Waals surface area contributed by atoms with Gasteiger partial charge in [-0.1, -0.05) is 30.3 Å². The average molecular weight is 238 g/mol. The van der Waals surface area contributed by atoms with Crippen LogP contribution in [0.5, 0.6) is 5.75 Å². The van der Waals surface area contributed by atoms with Gasteiger partial charge < -0.3 is 9.14 Å². The summed E-state index contributed by atoms with van der Waals surface area (Å²) in [5.74, 6) is 0.814. The van der Waals surface area contributed by atoms with Crippen molar-refractivity contribution in [2.45, 2.75) is 13.5 Å². The molecule has 0 saturated carbocycles. The predicted octanol–water partition coefficient (Wildman–Crippen LogP) is 3.22. The van der Waals surface area contributed by atoms with E-state index in [2.05, 4.69) is 17.1 Å². The summed E-state index contributed by atoms with van der Waals surface area (Å²) in [5, 5.41) is 0. The van der Waals surface area contributed by atoms with Crippen LogP contribution in [0.15, 0.2) is 54.9 Å². The van der Waals surface area contributed by atoms with Crippen LogP contribution in [0.1, 0.15) is 11.3 Å². The number of nitrogens with zero attached hydrogens (tertiary/aromatic N) is 2. The second-order valence-electron chi connectivity index (χ2n) is 4.26. The highest BCUT2D eigenvalue weighted by molar-refractivity contribution is 5.54. The fourth-order valence-corrected chi connectivity index (χ4v) is 1.96. The number of imidazole rings is 1. The van der Waals surface area contributed by atoms with Crippen molar-refractivity contribution >= 4 is 5.65 Å². The standard InChI is InChI=1S/C15H14N2O/c1-12-10-17-9-5-8-14(15(17)16-12)18-11-13-6-3-2-4-7-13/h2-10H,11H2,1H3. The van der Waals surface area contributed by atoms with Gasteiger partial charge in [-0.15, -0.1) is 0 Å². The van der Waals surface area contributed by atoms with Crippen LogP contribution in [0.4, 0.5) is 0 Å². The third-order valence-corrected chi connectivity index (χ3v) is 2.80. The lowest BCUT2D eigenvalue weighted by Gasteiger charge is -2.07. The number of aromatic nitrogens is 2. The molecule has 3 nitrogen and oxygen atoms in total. The maximum Gasteiger partial charge on any atom is 0.179 e. The molecule has 0 spiro atoms. The molecule has 3 rings (SSSR count). The van der Waals surface area contributed by atoms with Gasteiger partial charge in [0.15, 0.2) is 11.4 Å². The Kier molecular flexibility index (Phi) is 2.73. The van der Waals surface area contributed by atoms with E-state index < -0.39 is 0 Å². The molecule has 3 aromatic rings. The number of aryl methyl sites for hydroxylation is 1. The van der Waals surface area contributed by atoms with Crippen molar-refractivity contribution in [1.82, 2.24) is 9.38 Å². The molecule has 0 atom stereocenters. The van der Waals surface area contributed by atoms with Crippen LogP contribution >= 0.6 is 0 Å². The van der Waals surface area contributed by atoms with E-state index in [0.717, 1.165) is 22.7 Å². The van der Waals surface area contributed by atoms with Gasteiger partial charge in [0, 0.05) is 12.4 Å². The number of fused-ring (bicyclic) bond motifs is 1.